The van der Waals surface area contributed by atoms with Gasteiger partial charge in [-0.05, 0) is 31.0 Å². The van der Waals surface area contributed by atoms with Crippen molar-refractivity contribution in [3.05, 3.63) is 28.2 Å². The lowest BCUT2D eigenvalue weighted by molar-refractivity contribution is -0.120. The maximum atomic E-state index is 12.8. The molecule has 0 N–H and O–H groups in total. The number of alkyl halides is 3. The van der Waals surface area contributed by atoms with Gasteiger partial charge in [0.1, 0.15) is 4.87 Å². The molecule has 2 atom stereocenters. The predicted molar refractivity (Wildman–Crippen MR) is 88.9 cm³/mol. The zero-order valence-electron chi connectivity index (χ0n) is 10.9. The lowest BCUT2D eigenvalue weighted by Gasteiger charge is -2.35. The minimum Gasteiger partial charge on any atom is -0.276 e. The molecule has 2 unspecified atom stereocenters. The predicted octanol–water partition coefficient (Wildman–Crippen LogP) is 5.64. The summed E-state index contributed by atoms with van der Waals surface area (Å²) in [6.07, 6.45) is 3.12. The van der Waals surface area contributed by atoms with E-state index in [4.69, 9.17) is 58.0 Å². The van der Waals surface area contributed by atoms with Gasteiger partial charge in [0.05, 0.1) is 10.7 Å². The van der Waals surface area contributed by atoms with Gasteiger partial charge < -0.3 is 0 Å². The van der Waals surface area contributed by atoms with Gasteiger partial charge in [-0.2, -0.15) is 0 Å². The van der Waals surface area contributed by atoms with Crippen molar-refractivity contribution in [2.24, 2.45) is 5.92 Å². The van der Waals surface area contributed by atoms with E-state index in [2.05, 4.69) is 0 Å². The van der Waals surface area contributed by atoms with Gasteiger partial charge in [0, 0.05) is 10.9 Å². The molecule has 0 bridgehead atoms. The Hall–Kier alpha value is 0.140. The third-order valence-electron chi connectivity index (χ3n) is 4.26. The van der Waals surface area contributed by atoms with Crippen molar-refractivity contribution in [2.45, 2.75) is 35.0 Å². The normalized spacial score (nSPS) is 31.4. The van der Waals surface area contributed by atoms with Gasteiger partial charge in [0.25, 0.3) is 5.91 Å². The number of rotatable bonds is 1. The summed E-state index contributed by atoms with van der Waals surface area (Å²) >= 11 is 31.8. The monoisotopic (exact) mass is 385 g/mol. The summed E-state index contributed by atoms with van der Waals surface area (Å²) in [6.45, 7) is 0. The van der Waals surface area contributed by atoms with Crippen LogP contribution in [0.15, 0.2) is 18.2 Å². The van der Waals surface area contributed by atoms with Crippen LogP contribution in [0, 0.1) is 5.92 Å². The summed E-state index contributed by atoms with van der Waals surface area (Å²) in [6, 6.07) is 4.83. The molecule has 0 aromatic heterocycles. The maximum absolute atomic E-state index is 12.8. The minimum atomic E-state index is -1.41. The first-order valence-corrected chi connectivity index (χ1v) is 8.54. The van der Waals surface area contributed by atoms with Crippen LogP contribution in [-0.2, 0) is 4.79 Å². The molecule has 1 aromatic rings. The molecule has 21 heavy (non-hydrogen) atoms. The molecule has 1 saturated heterocycles. The number of hydrogen-bond acceptors (Lipinski definition) is 1. The van der Waals surface area contributed by atoms with Gasteiger partial charge in [0.2, 0.25) is 4.46 Å². The van der Waals surface area contributed by atoms with Crippen molar-refractivity contribution >= 4 is 69.6 Å². The van der Waals surface area contributed by atoms with Crippen molar-refractivity contribution < 1.29 is 4.79 Å². The van der Waals surface area contributed by atoms with Gasteiger partial charge in [-0.25, -0.2) is 0 Å². The quantitative estimate of drug-likeness (QED) is 0.451. The van der Waals surface area contributed by atoms with Crippen molar-refractivity contribution in [3.8, 4) is 0 Å². The van der Waals surface area contributed by atoms with E-state index < -0.39 is 9.33 Å². The van der Waals surface area contributed by atoms with Crippen LogP contribution in [0.5, 0.6) is 0 Å². The molecule has 2 nitrogen and oxygen atoms in total. The van der Waals surface area contributed by atoms with Crippen LogP contribution in [0.2, 0.25) is 10.0 Å². The summed E-state index contributed by atoms with van der Waals surface area (Å²) in [7, 11) is 0. The topological polar surface area (TPSA) is 20.3 Å². The first-order chi connectivity index (χ1) is 9.78. The first-order valence-electron chi connectivity index (χ1n) is 6.65. The van der Waals surface area contributed by atoms with E-state index >= 15 is 0 Å². The van der Waals surface area contributed by atoms with E-state index in [0.717, 1.165) is 12.8 Å². The highest BCUT2D eigenvalue weighted by Crippen LogP contribution is 2.59. The fourth-order valence-corrected chi connectivity index (χ4v) is 5.26. The van der Waals surface area contributed by atoms with Crippen LogP contribution in [-0.4, -0.2) is 15.2 Å². The minimum absolute atomic E-state index is 0.289. The molecular weight excluding hydrogens is 375 g/mol. The number of hydrogen-bond donors (Lipinski definition) is 0. The Labute approximate surface area is 148 Å². The largest absolute Gasteiger partial charge is 0.276 e. The number of carbonyl (C=O) groups excluding carboxylic acids is 1. The number of anilines is 1. The smallest absolute Gasteiger partial charge is 0.251 e. The highest BCUT2D eigenvalue weighted by atomic mass is 35.5. The summed E-state index contributed by atoms with van der Waals surface area (Å²) in [4.78, 5) is 13.1. The SMILES string of the molecule is O=C1N(c2ccc(Cl)cc2Cl)C(Cl)(Cl)C2CCCCC12Cl. The molecule has 1 aliphatic carbocycles. The average Bonchev–Trinajstić information content (AvgIpc) is 2.56. The first kappa shape index (κ1) is 16.0. The molecule has 2 fully saturated rings. The Bertz CT molecular complexity index is 605. The highest BCUT2D eigenvalue weighted by Gasteiger charge is 2.66. The molecule has 114 valence electrons. The van der Waals surface area contributed by atoms with E-state index in [9.17, 15) is 4.79 Å². The van der Waals surface area contributed by atoms with Crippen LogP contribution in [0.4, 0.5) is 5.69 Å². The number of fused-ring (bicyclic) bond motifs is 1. The number of halogens is 5. The fourth-order valence-electron chi connectivity index (χ4n) is 3.25. The van der Waals surface area contributed by atoms with E-state index in [0.29, 0.717) is 28.6 Å². The molecule has 1 heterocycles. The van der Waals surface area contributed by atoms with Crippen molar-refractivity contribution in [1.29, 1.82) is 0 Å². The standard InChI is InChI=1S/C14H12Cl5NO/c15-8-4-5-10(9(16)7-8)20-12(21)13(17)6-2-1-3-11(13)14(20,18)19/h4-5,7,11H,1-3,6H2. The fraction of sp³-hybridized carbons (Fsp3) is 0.500. The van der Waals surface area contributed by atoms with Crippen molar-refractivity contribution in [2.75, 3.05) is 4.90 Å². The van der Waals surface area contributed by atoms with Crippen molar-refractivity contribution in [1.82, 2.24) is 0 Å². The lowest BCUT2D eigenvalue weighted by Crippen LogP contribution is -2.40. The van der Waals surface area contributed by atoms with E-state index in [-0.39, 0.29) is 11.8 Å². The second kappa shape index (κ2) is 5.35. The Morgan fingerprint density at radius 2 is 1.86 bits per heavy atom. The molecule has 3 rings (SSSR count). The molecule has 1 aliphatic heterocycles. The van der Waals surface area contributed by atoms with Crippen LogP contribution < -0.4 is 4.90 Å². The van der Waals surface area contributed by atoms with E-state index in [1.807, 2.05) is 0 Å². The lowest BCUT2D eigenvalue weighted by atomic mass is 9.80. The van der Waals surface area contributed by atoms with Gasteiger partial charge in [-0.1, -0.05) is 59.2 Å². The second-order valence-electron chi connectivity index (χ2n) is 5.48. The number of carbonyl (C=O) groups is 1. The number of amides is 1. The molecule has 1 saturated carbocycles. The van der Waals surface area contributed by atoms with Crippen LogP contribution in [0.3, 0.4) is 0 Å². The third-order valence-corrected chi connectivity index (χ3v) is 6.28. The Kier molecular flexibility index (Phi) is 4.08. The van der Waals surface area contributed by atoms with Gasteiger partial charge >= 0.3 is 0 Å². The van der Waals surface area contributed by atoms with E-state index in [1.165, 1.54) is 4.90 Å². The van der Waals surface area contributed by atoms with Gasteiger partial charge in [-0.15, -0.1) is 11.6 Å². The molecule has 0 spiro atoms. The zero-order valence-corrected chi connectivity index (χ0v) is 14.7. The molecular formula is C14H12Cl5NO. The molecule has 2 aliphatic rings. The summed E-state index contributed by atoms with van der Waals surface area (Å²) in [5.74, 6) is -0.619. The van der Waals surface area contributed by atoms with E-state index in [1.54, 1.807) is 18.2 Å². The number of nitrogens with zero attached hydrogens (tertiary/aromatic N) is 1. The van der Waals surface area contributed by atoms with Gasteiger partial charge in [0.15, 0.2) is 0 Å². The number of benzene rings is 1. The summed E-state index contributed by atoms with van der Waals surface area (Å²) in [5.41, 5.74) is 0.436. The highest BCUT2D eigenvalue weighted by molar-refractivity contribution is 6.56. The van der Waals surface area contributed by atoms with Crippen LogP contribution in [0.1, 0.15) is 25.7 Å². The summed E-state index contributed by atoms with van der Waals surface area (Å²) in [5, 5.41) is 0.795. The maximum Gasteiger partial charge on any atom is 0.251 e. The Morgan fingerprint density at radius 3 is 2.48 bits per heavy atom. The van der Waals surface area contributed by atoms with Gasteiger partial charge in [-0.3, -0.25) is 9.69 Å². The second-order valence-corrected chi connectivity index (χ2v) is 8.35. The molecule has 1 aromatic carbocycles. The molecule has 7 heteroatoms. The average molecular weight is 388 g/mol. The third kappa shape index (κ3) is 2.35. The Morgan fingerprint density at radius 1 is 1.14 bits per heavy atom. The zero-order chi connectivity index (χ0) is 15.4. The molecule has 0 radical (unpaired) electrons. The van der Waals surface area contributed by atoms with Crippen molar-refractivity contribution in [3.63, 3.8) is 0 Å². The van der Waals surface area contributed by atoms with Crippen LogP contribution >= 0.6 is 58.0 Å². The Balaban J connectivity index is 2.12. The summed E-state index contributed by atoms with van der Waals surface area (Å²) < 4.78 is -1.41. The van der Waals surface area contributed by atoms with Crippen LogP contribution in [0.25, 0.3) is 0 Å². The molecule has 1 amide bonds.